The number of halogens is 2. The summed E-state index contributed by atoms with van der Waals surface area (Å²) in [6.07, 6.45) is 2.13. The van der Waals surface area contributed by atoms with E-state index in [1.165, 1.54) is 18.2 Å². The lowest BCUT2D eigenvalue weighted by Gasteiger charge is -2.14. The van der Waals surface area contributed by atoms with Gasteiger partial charge in [0.2, 0.25) is 0 Å². The Morgan fingerprint density at radius 1 is 1.29 bits per heavy atom. The topological polar surface area (TPSA) is 75.9 Å². The van der Waals surface area contributed by atoms with Crippen molar-refractivity contribution in [1.82, 2.24) is 9.97 Å². The van der Waals surface area contributed by atoms with Gasteiger partial charge in [-0.15, -0.1) is 0 Å². The Hall–Kier alpha value is -1.92. The van der Waals surface area contributed by atoms with Crippen molar-refractivity contribution < 1.29 is 4.39 Å². The van der Waals surface area contributed by atoms with E-state index in [9.17, 15) is 4.39 Å². The van der Waals surface area contributed by atoms with Crippen molar-refractivity contribution in [1.29, 1.82) is 0 Å². The number of aromatic nitrogens is 2. The van der Waals surface area contributed by atoms with Crippen molar-refractivity contribution in [2.75, 3.05) is 10.7 Å². The summed E-state index contributed by atoms with van der Waals surface area (Å²) in [6, 6.07) is 4.33. The summed E-state index contributed by atoms with van der Waals surface area (Å²) in [5.41, 5.74) is 3.56. The van der Waals surface area contributed by atoms with Gasteiger partial charge in [0.1, 0.15) is 23.3 Å². The summed E-state index contributed by atoms with van der Waals surface area (Å²) in [4.78, 5) is 8.87. The van der Waals surface area contributed by atoms with E-state index < -0.39 is 5.82 Å². The summed E-state index contributed by atoms with van der Waals surface area (Å²) in [7, 11) is 0. The first-order chi connectivity index (χ1) is 10.1. The summed E-state index contributed by atoms with van der Waals surface area (Å²) < 4.78 is 13.8. The van der Waals surface area contributed by atoms with E-state index in [-0.39, 0.29) is 5.69 Å². The van der Waals surface area contributed by atoms with Crippen molar-refractivity contribution in [3.63, 3.8) is 0 Å². The predicted molar refractivity (Wildman–Crippen MR) is 81.2 cm³/mol. The van der Waals surface area contributed by atoms with Crippen molar-refractivity contribution in [3.05, 3.63) is 40.4 Å². The van der Waals surface area contributed by atoms with Crippen molar-refractivity contribution in [2.24, 2.45) is 5.84 Å². The van der Waals surface area contributed by atoms with Crippen LogP contribution in [0, 0.1) is 12.7 Å². The Balaban J connectivity index is 2.00. The average Bonchev–Trinajstić information content (AvgIpc) is 3.29. The van der Waals surface area contributed by atoms with Gasteiger partial charge in [0.25, 0.3) is 0 Å². The van der Waals surface area contributed by atoms with Crippen molar-refractivity contribution in [3.8, 4) is 0 Å². The molecule has 2 aromatic rings. The molecule has 1 aliphatic rings. The molecule has 0 aliphatic heterocycles. The summed E-state index contributed by atoms with van der Waals surface area (Å²) in [5, 5.41) is 3.42. The van der Waals surface area contributed by atoms with E-state index in [1.807, 2.05) is 6.92 Å². The van der Waals surface area contributed by atoms with Crippen molar-refractivity contribution in [2.45, 2.75) is 25.7 Å². The fourth-order valence-corrected chi connectivity index (χ4v) is 2.21. The maximum atomic E-state index is 13.8. The Kier molecular flexibility index (Phi) is 3.65. The third-order valence-corrected chi connectivity index (χ3v) is 3.66. The van der Waals surface area contributed by atoms with E-state index in [1.54, 1.807) is 0 Å². The Morgan fingerprint density at radius 2 is 2.00 bits per heavy atom. The number of nitrogen functional groups attached to an aromatic ring is 1. The molecule has 1 aliphatic carbocycles. The molecule has 21 heavy (non-hydrogen) atoms. The zero-order chi connectivity index (χ0) is 15.0. The molecule has 0 unspecified atom stereocenters. The second-order valence-electron chi connectivity index (χ2n) is 5.07. The lowest BCUT2D eigenvalue weighted by atomic mass is 10.2. The number of anilines is 3. The monoisotopic (exact) mass is 307 g/mol. The van der Waals surface area contributed by atoms with Crippen LogP contribution in [-0.4, -0.2) is 9.97 Å². The van der Waals surface area contributed by atoms with Gasteiger partial charge in [-0.05, 0) is 38.0 Å². The first-order valence-electron chi connectivity index (χ1n) is 6.65. The molecular formula is C14H15ClFN5. The van der Waals surface area contributed by atoms with Gasteiger partial charge < -0.3 is 10.7 Å². The Bertz CT molecular complexity index is 687. The second kappa shape index (κ2) is 5.46. The zero-order valence-electron chi connectivity index (χ0n) is 11.5. The van der Waals surface area contributed by atoms with Crippen LogP contribution in [0.15, 0.2) is 18.2 Å². The average molecular weight is 308 g/mol. The number of hydrogen-bond acceptors (Lipinski definition) is 5. The minimum absolute atomic E-state index is 0.272. The van der Waals surface area contributed by atoms with Crippen LogP contribution in [-0.2, 0) is 0 Å². The fraction of sp³-hybridized carbons (Fsp3) is 0.286. The number of hydrogen-bond donors (Lipinski definition) is 3. The van der Waals surface area contributed by atoms with Gasteiger partial charge >= 0.3 is 0 Å². The minimum Gasteiger partial charge on any atom is -0.337 e. The molecule has 0 spiro atoms. The number of rotatable bonds is 4. The quantitative estimate of drug-likeness (QED) is 0.595. The third-order valence-electron chi connectivity index (χ3n) is 3.42. The lowest BCUT2D eigenvalue weighted by molar-refractivity contribution is 0.631. The number of nitrogens with two attached hydrogens (primary N) is 1. The number of hydrazine groups is 1. The van der Waals surface area contributed by atoms with Gasteiger partial charge in [-0.1, -0.05) is 11.6 Å². The largest absolute Gasteiger partial charge is 0.337 e. The number of nitrogens with zero attached hydrogens (tertiary/aromatic N) is 2. The second-order valence-corrected chi connectivity index (χ2v) is 5.51. The molecule has 4 N–H and O–H groups in total. The smallest absolute Gasteiger partial charge is 0.148 e. The zero-order valence-corrected chi connectivity index (χ0v) is 12.2. The Labute approximate surface area is 126 Å². The maximum Gasteiger partial charge on any atom is 0.148 e. The highest BCUT2D eigenvalue weighted by atomic mass is 35.5. The minimum atomic E-state index is -0.396. The highest BCUT2D eigenvalue weighted by Gasteiger charge is 2.28. The first kappa shape index (κ1) is 14.0. The third kappa shape index (κ3) is 2.91. The molecule has 0 bridgehead atoms. The molecule has 5 nitrogen and oxygen atoms in total. The molecule has 110 valence electrons. The van der Waals surface area contributed by atoms with E-state index in [0.717, 1.165) is 24.2 Å². The molecule has 0 radical (unpaired) electrons. The van der Waals surface area contributed by atoms with Gasteiger partial charge in [0.15, 0.2) is 0 Å². The van der Waals surface area contributed by atoms with Gasteiger partial charge in [-0.25, -0.2) is 20.2 Å². The molecule has 1 aromatic heterocycles. The molecule has 0 saturated heterocycles. The highest BCUT2D eigenvalue weighted by Crippen LogP contribution is 2.40. The SMILES string of the molecule is Cc1c(NN)nc(C2CC2)nc1Nc1cc(Cl)ccc1F. The van der Waals surface area contributed by atoms with Crippen LogP contribution in [0.4, 0.5) is 21.7 Å². The van der Waals surface area contributed by atoms with Gasteiger partial charge in [0, 0.05) is 16.5 Å². The molecule has 1 saturated carbocycles. The molecule has 1 aromatic carbocycles. The number of benzene rings is 1. The maximum absolute atomic E-state index is 13.8. The van der Waals surface area contributed by atoms with Crippen LogP contribution in [0.2, 0.25) is 5.02 Å². The summed E-state index contributed by atoms with van der Waals surface area (Å²) >= 11 is 5.90. The van der Waals surface area contributed by atoms with Crippen molar-refractivity contribution >= 4 is 28.9 Å². The van der Waals surface area contributed by atoms with Crippen LogP contribution in [0.1, 0.15) is 30.1 Å². The van der Waals surface area contributed by atoms with Crippen LogP contribution in [0.3, 0.4) is 0 Å². The molecule has 1 heterocycles. The van der Waals surface area contributed by atoms with E-state index in [2.05, 4.69) is 20.7 Å². The molecule has 0 amide bonds. The lowest BCUT2D eigenvalue weighted by Crippen LogP contribution is -2.14. The van der Waals surface area contributed by atoms with Crippen LogP contribution < -0.4 is 16.6 Å². The first-order valence-corrected chi connectivity index (χ1v) is 7.03. The van der Waals surface area contributed by atoms with Crippen LogP contribution >= 0.6 is 11.6 Å². The normalized spacial score (nSPS) is 14.1. The van der Waals surface area contributed by atoms with Gasteiger partial charge in [0.05, 0.1) is 5.69 Å². The van der Waals surface area contributed by atoms with Gasteiger partial charge in [-0.2, -0.15) is 0 Å². The van der Waals surface area contributed by atoms with Gasteiger partial charge in [-0.3, -0.25) is 0 Å². The molecule has 3 rings (SSSR count). The van der Waals surface area contributed by atoms with Crippen LogP contribution in [0.5, 0.6) is 0 Å². The van der Waals surface area contributed by atoms with E-state index in [0.29, 0.717) is 22.6 Å². The van der Waals surface area contributed by atoms with E-state index in [4.69, 9.17) is 17.4 Å². The Morgan fingerprint density at radius 3 is 2.67 bits per heavy atom. The fourth-order valence-electron chi connectivity index (χ4n) is 2.04. The summed E-state index contributed by atoms with van der Waals surface area (Å²) in [5.74, 6) is 7.25. The molecule has 0 atom stereocenters. The summed E-state index contributed by atoms with van der Waals surface area (Å²) in [6.45, 7) is 1.82. The molecule has 1 fully saturated rings. The molecule has 7 heteroatoms. The standard InChI is InChI=1S/C14H15ClFN5/c1-7-12(18-11-6-9(15)4-5-10(11)16)19-14(8-2-3-8)20-13(7)21-17/h4-6,8H,2-3,17H2,1H3,(H2,18,19,20,21). The predicted octanol–water partition coefficient (Wildman–Crippen LogP) is 3.48. The van der Waals surface area contributed by atoms with Crippen LogP contribution in [0.25, 0.3) is 0 Å². The van der Waals surface area contributed by atoms with E-state index >= 15 is 0 Å². The number of nitrogens with one attached hydrogen (secondary N) is 2. The highest BCUT2D eigenvalue weighted by molar-refractivity contribution is 6.30. The molecular weight excluding hydrogens is 293 g/mol.